The van der Waals surface area contributed by atoms with Gasteiger partial charge < -0.3 is 4.98 Å². The van der Waals surface area contributed by atoms with E-state index >= 15 is 0 Å². The molecule has 1 N–H and O–H groups in total. The zero-order valence-electron chi connectivity index (χ0n) is 8.59. The molecule has 0 unspecified atom stereocenters. The number of hydrogen-bond acceptors (Lipinski definition) is 3. The molecule has 5 nitrogen and oxygen atoms in total. The lowest BCUT2D eigenvalue weighted by molar-refractivity contribution is 0.626. The quantitative estimate of drug-likeness (QED) is 0.684. The number of halogens is 1. The molecule has 2 heterocycles. The molecule has 2 aromatic heterocycles. The molecule has 0 spiro atoms. The Morgan fingerprint density at radius 2 is 2.18 bits per heavy atom. The van der Waals surface area contributed by atoms with Crippen LogP contribution in [0.4, 0.5) is 4.39 Å². The maximum Gasteiger partial charge on any atom is 0.283 e. The van der Waals surface area contributed by atoms with Crippen LogP contribution in [0.25, 0.3) is 16.9 Å². The predicted molar refractivity (Wildman–Crippen MR) is 59.4 cm³/mol. The third-order valence-electron chi connectivity index (χ3n) is 2.43. The molecule has 0 aliphatic carbocycles. The van der Waals surface area contributed by atoms with Gasteiger partial charge in [-0.2, -0.15) is 0 Å². The molecular formula is C11H7FN4O. The fourth-order valence-electron chi connectivity index (χ4n) is 1.64. The van der Waals surface area contributed by atoms with Crippen LogP contribution in [0.15, 0.2) is 41.7 Å². The van der Waals surface area contributed by atoms with E-state index in [1.165, 1.54) is 35.4 Å². The highest BCUT2D eigenvalue weighted by Crippen LogP contribution is 2.08. The molecule has 0 aliphatic heterocycles. The number of hydrogen-bond donors (Lipinski definition) is 1. The number of aromatic amines is 1. The lowest BCUT2D eigenvalue weighted by Gasteiger charge is -2.04. The minimum atomic E-state index is -0.404. The van der Waals surface area contributed by atoms with Crippen molar-refractivity contribution in [3.05, 3.63) is 53.1 Å². The van der Waals surface area contributed by atoms with Crippen molar-refractivity contribution >= 4 is 11.2 Å². The van der Waals surface area contributed by atoms with Crippen LogP contribution in [0.1, 0.15) is 0 Å². The molecule has 6 heteroatoms. The average molecular weight is 230 g/mol. The Kier molecular flexibility index (Phi) is 2.01. The fourth-order valence-corrected chi connectivity index (χ4v) is 1.64. The van der Waals surface area contributed by atoms with Crippen LogP contribution in [0.2, 0.25) is 0 Å². The fraction of sp³-hybridized carbons (Fsp3) is 0. The summed E-state index contributed by atoms with van der Waals surface area (Å²) in [4.78, 5) is 22.6. The standard InChI is InChI=1S/C11H7FN4O/c12-7-2-1-3-8(4-7)16-6-15-10-9(11(16)17)13-5-14-10/h1-6H,(H,13,14). The Labute approximate surface area is 94.6 Å². The average Bonchev–Trinajstić information content (AvgIpc) is 2.78. The van der Waals surface area contributed by atoms with Gasteiger partial charge >= 0.3 is 0 Å². The monoisotopic (exact) mass is 230 g/mol. The maximum absolute atomic E-state index is 13.1. The van der Waals surface area contributed by atoms with Crippen molar-refractivity contribution in [2.24, 2.45) is 0 Å². The third-order valence-corrected chi connectivity index (χ3v) is 2.43. The summed E-state index contributed by atoms with van der Waals surface area (Å²) in [7, 11) is 0. The van der Waals surface area contributed by atoms with Crippen molar-refractivity contribution in [1.29, 1.82) is 0 Å². The van der Waals surface area contributed by atoms with Crippen molar-refractivity contribution in [2.75, 3.05) is 0 Å². The van der Waals surface area contributed by atoms with E-state index in [2.05, 4.69) is 15.0 Å². The van der Waals surface area contributed by atoms with Crippen LogP contribution < -0.4 is 5.56 Å². The van der Waals surface area contributed by atoms with Crippen molar-refractivity contribution in [1.82, 2.24) is 19.5 Å². The molecule has 0 bridgehead atoms. The second-order valence-corrected chi connectivity index (χ2v) is 3.50. The maximum atomic E-state index is 13.1. The van der Waals surface area contributed by atoms with Gasteiger partial charge in [-0.1, -0.05) is 6.07 Å². The highest BCUT2D eigenvalue weighted by molar-refractivity contribution is 5.68. The first-order chi connectivity index (χ1) is 8.25. The van der Waals surface area contributed by atoms with Crippen LogP contribution in [0.3, 0.4) is 0 Å². The highest BCUT2D eigenvalue weighted by Gasteiger charge is 2.07. The van der Waals surface area contributed by atoms with E-state index in [0.29, 0.717) is 16.9 Å². The van der Waals surface area contributed by atoms with Crippen LogP contribution in [0, 0.1) is 5.82 Å². The van der Waals surface area contributed by atoms with E-state index in [1.807, 2.05) is 0 Å². The molecule has 0 saturated heterocycles. The van der Waals surface area contributed by atoms with E-state index in [0.717, 1.165) is 0 Å². The Hall–Kier alpha value is -2.50. The van der Waals surface area contributed by atoms with E-state index in [-0.39, 0.29) is 5.56 Å². The summed E-state index contributed by atoms with van der Waals surface area (Å²) in [5.41, 5.74) is 0.775. The summed E-state index contributed by atoms with van der Waals surface area (Å²) in [5.74, 6) is -0.404. The minimum Gasteiger partial charge on any atom is -0.339 e. The molecule has 0 atom stereocenters. The Balaban J connectivity index is 2.31. The van der Waals surface area contributed by atoms with Gasteiger partial charge in [-0.3, -0.25) is 9.36 Å². The number of aromatic nitrogens is 4. The topological polar surface area (TPSA) is 63.6 Å². The summed E-state index contributed by atoms with van der Waals surface area (Å²) in [5, 5.41) is 0. The van der Waals surface area contributed by atoms with Gasteiger partial charge in [0.2, 0.25) is 0 Å². The summed E-state index contributed by atoms with van der Waals surface area (Å²) in [6, 6.07) is 5.75. The molecule has 0 amide bonds. The summed E-state index contributed by atoms with van der Waals surface area (Å²) in [6.45, 7) is 0. The van der Waals surface area contributed by atoms with Gasteiger partial charge in [0.05, 0.1) is 12.0 Å². The second kappa shape index (κ2) is 3.51. The van der Waals surface area contributed by atoms with E-state index in [4.69, 9.17) is 0 Å². The van der Waals surface area contributed by atoms with Gasteiger partial charge in [-0.25, -0.2) is 14.4 Å². The van der Waals surface area contributed by atoms with Crippen LogP contribution in [-0.2, 0) is 0 Å². The molecule has 84 valence electrons. The number of fused-ring (bicyclic) bond motifs is 1. The first-order valence-electron chi connectivity index (χ1n) is 4.92. The zero-order chi connectivity index (χ0) is 11.8. The van der Waals surface area contributed by atoms with Gasteiger partial charge in [-0.05, 0) is 18.2 Å². The number of rotatable bonds is 1. The van der Waals surface area contributed by atoms with E-state index in [9.17, 15) is 9.18 Å². The highest BCUT2D eigenvalue weighted by atomic mass is 19.1. The first kappa shape index (κ1) is 9.71. The third kappa shape index (κ3) is 1.50. The largest absolute Gasteiger partial charge is 0.339 e. The number of nitrogens with zero attached hydrogens (tertiary/aromatic N) is 3. The summed E-state index contributed by atoms with van der Waals surface area (Å²) >= 11 is 0. The van der Waals surface area contributed by atoms with Crippen LogP contribution >= 0.6 is 0 Å². The smallest absolute Gasteiger partial charge is 0.283 e. The van der Waals surface area contributed by atoms with Gasteiger partial charge in [0, 0.05) is 0 Å². The number of H-pyrrole nitrogens is 1. The summed E-state index contributed by atoms with van der Waals surface area (Å²) < 4.78 is 14.3. The molecule has 0 aliphatic rings. The summed E-state index contributed by atoms with van der Waals surface area (Å²) in [6.07, 6.45) is 2.73. The number of benzene rings is 1. The van der Waals surface area contributed by atoms with Gasteiger partial charge in [0.1, 0.15) is 12.1 Å². The Morgan fingerprint density at radius 3 is 3.00 bits per heavy atom. The molecule has 3 aromatic rings. The first-order valence-corrected chi connectivity index (χ1v) is 4.92. The van der Waals surface area contributed by atoms with Crippen LogP contribution in [0.5, 0.6) is 0 Å². The zero-order valence-corrected chi connectivity index (χ0v) is 8.59. The van der Waals surface area contributed by atoms with Crippen molar-refractivity contribution in [2.45, 2.75) is 0 Å². The predicted octanol–water partition coefficient (Wildman–Crippen LogP) is 1.25. The van der Waals surface area contributed by atoms with Crippen molar-refractivity contribution in [3.8, 4) is 5.69 Å². The molecule has 0 saturated carbocycles. The molecular weight excluding hydrogens is 223 g/mol. The molecule has 3 rings (SSSR count). The molecule has 17 heavy (non-hydrogen) atoms. The van der Waals surface area contributed by atoms with Gasteiger partial charge in [-0.15, -0.1) is 0 Å². The lowest BCUT2D eigenvalue weighted by atomic mass is 10.3. The number of nitrogens with one attached hydrogen (secondary N) is 1. The second-order valence-electron chi connectivity index (χ2n) is 3.50. The molecule has 0 fully saturated rings. The molecule has 1 aromatic carbocycles. The molecule has 0 radical (unpaired) electrons. The Bertz CT molecular complexity index is 746. The van der Waals surface area contributed by atoms with Gasteiger partial charge in [0.25, 0.3) is 5.56 Å². The lowest BCUT2D eigenvalue weighted by Crippen LogP contribution is -2.18. The van der Waals surface area contributed by atoms with Gasteiger partial charge in [0.15, 0.2) is 11.2 Å². The SMILES string of the molecule is O=c1c2[nH]cnc2ncn1-c1cccc(F)c1. The van der Waals surface area contributed by atoms with Crippen molar-refractivity contribution in [3.63, 3.8) is 0 Å². The number of imidazole rings is 1. The normalized spacial score (nSPS) is 10.9. The minimum absolute atomic E-state index is 0.303. The Morgan fingerprint density at radius 1 is 1.29 bits per heavy atom. The van der Waals surface area contributed by atoms with Crippen molar-refractivity contribution < 1.29 is 4.39 Å². The van der Waals surface area contributed by atoms with E-state index < -0.39 is 5.82 Å². The van der Waals surface area contributed by atoms with E-state index in [1.54, 1.807) is 6.07 Å². The van der Waals surface area contributed by atoms with Crippen LogP contribution in [-0.4, -0.2) is 19.5 Å².